The van der Waals surface area contributed by atoms with Gasteiger partial charge >= 0.3 is 5.97 Å². The molecule has 1 saturated carbocycles. The predicted octanol–water partition coefficient (Wildman–Crippen LogP) is 2.41. The Bertz CT molecular complexity index is 596. The Morgan fingerprint density at radius 1 is 1.30 bits per heavy atom. The fraction of sp³-hybridized carbons (Fsp3) is 0.471. The van der Waals surface area contributed by atoms with Crippen molar-refractivity contribution in [3.8, 4) is 0 Å². The molecule has 1 fully saturated rings. The van der Waals surface area contributed by atoms with Crippen LogP contribution in [0.2, 0.25) is 0 Å². The Morgan fingerprint density at radius 2 is 2.04 bits per heavy atom. The van der Waals surface area contributed by atoms with Crippen LogP contribution in [0.3, 0.4) is 0 Å². The second-order valence-electron chi connectivity index (χ2n) is 5.85. The molecular formula is C17H22N2O4. The largest absolute Gasteiger partial charge is 0.480 e. The number of hydrogen-bond acceptors (Lipinski definition) is 3. The van der Waals surface area contributed by atoms with Crippen molar-refractivity contribution in [2.45, 2.75) is 45.1 Å². The first-order valence-corrected chi connectivity index (χ1v) is 7.96. The quantitative estimate of drug-likeness (QED) is 0.686. The van der Waals surface area contributed by atoms with E-state index in [0.717, 1.165) is 25.7 Å². The molecule has 1 unspecified atom stereocenters. The van der Waals surface area contributed by atoms with Gasteiger partial charge in [0.2, 0.25) is 5.91 Å². The average molecular weight is 318 g/mol. The maximum Gasteiger partial charge on any atom is 0.326 e. The van der Waals surface area contributed by atoms with Crippen LogP contribution in [0.25, 0.3) is 0 Å². The molecule has 0 heterocycles. The molecule has 6 heteroatoms. The minimum atomic E-state index is -1.04. The predicted molar refractivity (Wildman–Crippen MR) is 86.2 cm³/mol. The van der Waals surface area contributed by atoms with Gasteiger partial charge in [-0.2, -0.15) is 0 Å². The maximum absolute atomic E-state index is 12.2. The van der Waals surface area contributed by atoms with E-state index in [4.69, 9.17) is 5.11 Å². The molecule has 0 aliphatic heterocycles. The summed E-state index contributed by atoms with van der Waals surface area (Å²) in [5, 5.41) is 14.5. The van der Waals surface area contributed by atoms with E-state index in [1.165, 1.54) is 0 Å². The van der Waals surface area contributed by atoms with Crippen molar-refractivity contribution in [1.82, 2.24) is 5.32 Å². The van der Waals surface area contributed by atoms with E-state index in [9.17, 15) is 14.4 Å². The monoisotopic (exact) mass is 318 g/mol. The minimum absolute atomic E-state index is 0.0334. The summed E-state index contributed by atoms with van der Waals surface area (Å²) in [5.74, 6) is -1.44. The van der Waals surface area contributed by atoms with Gasteiger partial charge in [0.15, 0.2) is 0 Å². The molecular weight excluding hydrogens is 296 g/mol. The van der Waals surface area contributed by atoms with Crippen LogP contribution in [0.4, 0.5) is 5.69 Å². The standard InChI is InChI=1S/C17H22N2O4/c1-2-3-7-14(17(22)23)19-16(21)12-5-4-6-13(10-12)18-15(20)11-8-9-11/h4-6,10-11,14H,2-3,7-9H2,1H3,(H,18,20)(H,19,21)(H,22,23). The molecule has 124 valence electrons. The number of nitrogens with one attached hydrogen (secondary N) is 2. The maximum atomic E-state index is 12.2. The first kappa shape index (κ1) is 17.0. The molecule has 0 aromatic heterocycles. The molecule has 1 aliphatic carbocycles. The van der Waals surface area contributed by atoms with Crippen LogP contribution in [0.1, 0.15) is 49.4 Å². The van der Waals surface area contributed by atoms with Gasteiger partial charge in [-0.15, -0.1) is 0 Å². The van der Waals surface area contributed by atoms with Crippen LogP contribution in [-0.2, 0) is 9.59 Å². The van der Waals surface area contributed by atoms with Gasteiger partial charge in [0.05, 0.1) is 0 Å². The topological polar surface area (TPSA) is 95.5 Å². The Kier molecular flexibility index (Phi) is 5.73. The number of benzene rings is 1. The highest BCUT2D eigenvalue weighted by Gasteiger charge is 2.29. The SMILES string of the molecule is CCCCC(NC(=O)c1cccc(NC(=O)C2CC2)c1)C(=O)O. The lowest BCUT2D eigenvalue weighted by molar-refractivity contribution is -0.139. The number of carbonyl (C=O) groups excluding carboxylic acids is 2. The Labute approximate surface area is 135 Å². The highest BCUT2D eigenvalue weighted by atomic mass is 16.4. The van der Waals surface area contributed by atoms with E-state index in [1.807, 2.05) is 6.92 Å². The average Bonchev–Trinajstić information content (AvgIpc) is 3.36. The van der Waals surface area contributed by atoms with Crippen LogP contribution in [0, 0.1) is 5.92 Å². The molecule has 0 saturated heterocycles. The first-order chi connectivity index (χ1) is 11.0. The van der Waals surface area contributed by atoms with Gasteiger partial charge in [-0.05, 0) is 37.5 Å². The molecule has 0 radical (unpaired) electrons. The second-order valence-corrected chi connectivity index (χ2v) is 5.85. The van der Waals surface area contributed by atoms with E-state index < -0.39 is 17.9 Å². The molecule has 2 rings (SSSR count). The summed E-state index contributed by atoms with van der Waals surface area (Å²) in [5.41, 5.74) is 0.885. The lowest BCUT2D eigenvalue weighted by Gasteiger charge is -2.14. The summed E-state index contributed by atoms with van der Waals surface area (Å²) in [6.07, 6.45) is 3.81. The van der Waals surface area contributed by atoms with Crippen LogP contribution >= 0.6 is 0 Å². The third kappa shape index (κ3) is 5.09. The summed E-state index contributed by atoms with van der Waals surface area (Å²) < 4.78 is 0. The van der Waals surface area contributed by atoms with Crippen molar-refractivity contribution >= 4 is 23.5 Å². The Morgan fingerprint density at radius 3 is 2.65 bits per heavy atom. The van der Waals surface area contributed by atoms with E-state index in [0.29, 0.717) is 17.7 Å². The zero-order chi connectivity index (χ0) is 16.8. The summed E-state index contributed by atoms with van der Waals surface area (Å²) in [7, 11) is 0. The number of carboxylic acid groups (broad SMARTS) is 1. The van der Waals surface area contributed by atoms with Gasteiger partial charge in [0.1, 0.15) is 6.04 Å². The van der Waals surface area contributed by atoms with E-state index >= 15 is 0 Å². The summed E-state index contributed by atoms with van der Waals surface area (Å²) >= 11 is 0. The fourth-order valence-corrected chi connectivity index (χ4v) is 2.24. The van der Waals surface area contributed by atoms with E-state index in [1.54, 1.807) is 24.3 Å². The van der Waals surface area contributed by atoms with Crippen molar-refractivity contribution < 1.29 is 19.5 Å². The van der Waals surface area contributed by atoms with Crippen LogP contribution in [0.15, 0.2) is 24.3 Å². The van der Waals surface area contributed by atoms with Crippen molar-refractivity contribution in [3.05, 3.63) is 29.8 Å². The van der Waals surface area contributed by atoms with E-state index in [-0.39, 0.29) is 11.8 Å². The lowest BCUT2D eigenvalue weighted by Crippen LogP contribution is -2.40. The molecule has 2 amide bonds. The number of rotatable bonds is 8. The fourth-order valence-electron chi connectivity index (χ4n) is 2.24. The van der Waals surface area contributed by atoms with Crippen LogP contribution < -0.4 is 10.6 Å². The Balaban J connectivity index is 2.00. The molecule has 1 aliphatic rings. The van der Waals surface area contributed by atoms with Crippen molar-refractivity contribution in [2.24, 2.45) is 5.92 Å². The number of hydrogen-bond donors (Lipinski definition) is 3. The number of aliphatic carboxylic acids is 1. The lowest BCUT2D eigenvalue weighted by atomic mass is 10.1. The number of carboxylic acids is 1. The third-order valence-electron chi connectivity index (χ3n) is 3.79. The first-order valence-electron chi connectivity index (χ1n) is 7.96. The highest BCUT2D eigenvalue weighted by Crippen LogP contribution is 2.30. The molecule has 1 aromatic rings. The van der Waals surface area contributed by atoms with E-state index in [2.05, 4.69) is 10.6 Å². The molecule has 1 atom stereocenters. The Hall–Kier alpha value is -2.37. The van der Waals surface area contributed by atoms with Crippen molar-refractivity contribution in [2.75, 3.05) is 5.32 Å². The number of unbranched alkanes of at least 4 members (excludes halogenated alkanes) is 1. The molecule has 23 heavy (non-hydrogen) atoms. The van der Waals surface area contributed by atoms with Gasteiger partial charge in [-0.25, -0.2) is 4.79 Å². The molecule has 6 nitrogen and oxygen atoms in total. The van der Waals surface area contributed by atoms with Crippen molar-refractivity contribution in [3.63, 3.8) is 0 Å². The number of anilines is 1. The second kappa shape index (κ2) is 7.76. The molecule has 0 bridgehead atoms. The minimum Gasteiger partial charge on any atom is -0.480 e. The zero-order valence-electron chi connectivity index (χ0n) is 13.2. The van der Waals surface area contributed by atoms with Gasteiger partial charge in [0.25, 0.3) is 5.91 Å². The molecule has 3 N–H and O–H groups in total. The van der Waals surface area contributed by atoms with Crippen LogP contribution in [-0.4, -0.2) is 28.9 Å². The summed E-state index contributed by atoms with van der Waals surface area (Å²) in [6.45, 7) is 1.97. The normalized spacial score (nSPS) is 14.8. The highest BCUT2D eigenvalue weighted by molar-refractivity contribution is 5.99. The van der Waals surface area contributed by atoms with Gasteiger partial charge in [-0.1, -0.05) is 25.8 Å². The number of carbonyl (C=O) groups is 3. The zero-order valence-corrected chi connectivity index (χ0v) is 13.2. The van der Waals surface area contributed by atoms with Gasteiger partial charge in [-0.3, -0.25) is 9.59 Å². The summed E-state index contributed by atoms with van der Waals surface area (Å²) in [6, 6.07) is 5.64. The van der Waals surface area contributed by atoms with Crippen LogP contribution in [0.5, 0.6) is 0 Å². The van der Waals surface area contributed by atoms with Gasteiger partial charge < -0.3 is 15.7 Å². The van der Waals surface area contributed by atoms with Crippen molar-refractivity contribution in [1.29, 1.82) is 0 Å². The third-order valence-corrected chi connectivity index (χ3v) is 3.79. The molecule has 1 aromatic carbocycles. The van der Waals surface area contributed by atoms with Gasteiger partial charge in [0, 0.05) is 17.2 Å². The summed E-state index contributed by atoms with van der Waals surface area (Å²) in [4.78, 5) is 35.2. The number of amides is 2. The molecule has 0 spiro atoms. The smallest absolute Gasteiger partial charge is 0.326 e.